The standard InChI is InChI=1S/C17H25N3O/c1-3-15(2)20-9-7-19(8-10-20)11-12-21-17-6-4-5-16(13-17)14-18/h4-6,13,15H,3,7-12H2,1-2H3. The first-order chi connectivity index (χ1) is 10.2. The van der Waals surface area contributed by atoms with E-state index >= 15 is 0 Å². The Hall–Kier alpha value is -1.57. The molecule has 1 aliphatic heterocycles. The van der Waals surface area contributed by atoms with Gasteiger partial charge in [0.2, 0.25) is 0 Å². The van der Waals surface area contributed by atoms with E-state index in [0.717, 1.165) is 38.5 Å². The predicted octanol–water partition coefficient (Wildman–Crippen LogP) is 2.35. The maximum atomic E-state index is 8.86. The molecule has 0 aromatic heterocycles. The van der Waals surface area contributed by atoms with Crippen LogP contribution in [0.25, 0.3) is 0 Å². The van der Waals surface area contributed by atoms with Gasteiger partial charge in [0.25, 0.3) is 0 Å². The van der Waals surface area contributed by atoms with Gasteiger partial charge in [-0.3, -0.25) is 9.80 Å². The molecule has 1 heterocycles. The van der Waals surface area contributed by atoms with E-state index in [4.69, 9.17) is 10.00 Å². The zero-order valence-electron chi connectivity index (χ0n) is 13.1. The summed E-state index contributed by atoms with van der Waals surface area (Å²) in [6.07, 6.45) is 1.22. The van der Waals surface area contributed by atoms with Crippen molar-refractivity contribution in [2.75, 3.05) is 39.3 Å². The van der Waals surface area contributed by atoms with E-state index in [1.54, 1.807) is 12.1 Å². The number of benzene rings is 1. The minimum absolute atomic E-state index is 0.648. The van der Waals surface area contributed by atoms with Gasteiger partial charge in [0, 0.05) is 38.8 Å². The summed E-state index contributed by atoms with van der Waals surface area (Å²) in [6, 6.07) is 10.2. The minimum atomic E-state index is 0.648. The van der Waals surface area contributed by atoms with E-state index in [1.165, 1.54) is 6.42 Å². The third-order valence-electron chi connectivity index (χ3n) is 4.26. The van der Waals surface area contributed by atoms with Crippen molar-refractivity contribution < 1.29 is 4.74 Å². The number of hydrogen-bond donors (Lipinski definition) is 0. The molecule has 4 nitrogen and oxygen atoms in total. The number of piperazine rings is 1. The van der Waals surface area contributed by atoms with E-state index in [9.17, 15) is 0 Å². The Balaban J connectivity index is 1.69. The van der Waals surface area contributed by atoms with Gasteiger partial charge in [0.05, 0.1) is 11.6 Å². The van der Waals surface area contributed by atoms with Crippen LogP contribution in [0, 0.1) is 11.3 Å². The highest BCUT2D eigenvalue weighted by Crippen LogP contribution is 2.13. The first-order valence-electron chi connectivity index (χ1n) is 7.82. The fraction of sp³-hybridized carbons (Fsp3) is 0.588. The van der Waals surface area contributed by atoms with Crippen molar-refractivity contribution in [3.8, 4) is 11.8 Å². The topological polar surface area (TPSA) is 39.5 Å². The molecule has 1 saturated heterocycles. The maximum Gasteiger partial charge on any atom is 0.120 e. The van der Waals surface area contributed by atoms with Crippen LogP contribution in [0.4, 0.5) is 0 Å². The third-order valence-corrected chi connectivity index (χ3v) is 4.26. The van der Waals surface area contributed by atoms with Gasteiger partial charge in [0.1, 0.15) is 12.4 Å². The zero-order chi connectivity index (χ0) is 15.1. The van der Waals surface area contributed by atoms with E-state index in [0.29, 0.717) is 18.2 Å². The van der Waals surface area contributed by atoms with Crippen molar-refractivity contribution in [3.05, 3.63) is 29.8 Å². The Morgan fingerprint density at radius 3 is 2.71 bits per heavy atom. The van der Waals surface area contributed by atoms with Crippen molar-refractivity contribution >= 4 is 0 Å². The average molecular weight is 287 g/mol. The Morgan fingerprint density at radius 1 is 1.29 bits per heavy atom. The molecule has 1 aromatic rings. The molecule has 0 saturated carbocycles. The molecular formula is C17H25N3O. The van der Waals surface area contributed by atoms with Crippen LogP contribution in [0.2, 0.25) is 0 Å². The Morgan fingerprint density at radius 2 is 2.05 bits per heavy atom. The highest BCUT2D eigenvalue weighted by atomic mass is 16.5. The van der Waals surface area contributed by atoms with Crippen molar-refractivity contribution in [2.24, 2.45) is 0 Å². The molecule has 4 heteroatoms. The summed E-state index contributed by atoms with van der Waals surface area (Å²) < 4.78 is 5.74. The molecule has 1 aliphatic rings. The molecule has 0 aliphatic carbocycles. The molecule has 1 atom stereocenters. The Bertz CT molecular complexity index is 475. The lowest BCUT2D eigenvalue weighted by molar-refractivity contribution is 0.0905. The van der Waals surface area contributed by atoms with Crippen LogP contribution in [-0.4, -0.2) is 55.2 Å². The van der Waals surface area contributed by atoms with Crippen molar-refractivity contribution in [1.82, 2.24) is 9.80 Å². The molecule has 0 radical (unpaired) electrons. The molecule has 21 heavy (non-hydrogen) atoms. The zero-order valence-corrected chi connectivity index (χ0v) is 13.1. The Labute approximate surface area is 127 Å². The van der Waals surface area contributed by atoms with Crippen LogP contribution < -0.4 is 4.74 Å². The van der Waals surface area contributed by atoms with E-state index < -0.39 is 0 Å². The van der Waals surface area contributed by atoms with Gasteiger partial charge < -0.3 is 4.74 Å². The summed E-state index contributed by atoms with van der Waals surface area (Å²) in [4.78, 5) is 5.01. The first-order valence-corrected chi connectivity index (χ1v) is 7.82. The lowest BCUT2D eigenvalue weighted by Crippen LogP contribution is -2.50. The van der Waals surface area contributed by atoms with Gasteiger partial charge in [-0.1, -0.05) is 13.0 Å². The fourth-order valence-corrected chi connectivity index (χ4v) is 2.63. The number of nitrogens with zero attached hydrogens (tertiary/aromatic N) is 3. The number of hydrogen-bond acceptors (Lipinski definition) is 4. The maximum absolute atomic E-state index is 8.86. The largest absolute Gasteiger partial charge is 0.492 e. The lowest BCUT2D eigenvalue weighted by atomic mass is 10.2. The van der Waals surface area contributed by atoms with E-state index in [-0.39, 0.29) is 0 Å². The summed E-state index contributed by atoms with van der Waals surface area (Å²) in [7, 11) is 0. The smallest absolute Gasteiger partial charge is 0.120 e. The SMILES string of the molecule is CCC(C)N1CCN(CCOc2cccc(C#N)c2)CC1. The second-order valence-electron chi connectivity index (χ2n) is 5.62. The molecule has 2 rings (SSSR count). The normalized spacial score (nSPS) is 18.1. The fourth-order valence-electron chi connectivity index (χ4n) is 2.63. The molecule has 1 unspecified atom stereocenters. The van der Waals surface area contributed by atoms with Crippen LogP contribution in [-0.2, 0) is 0 Å². The summed E-state index contributed by atoms with van der Waals surface area (Å²) in [5.41, 5.74) is 0.648. The van der Waals surface area contributed by atoms with Gasteiger partial charge in [-0.2, -0.15) is 5.26 Å². The number of ether oxygens (including phenoxy) is 1. The Kier molecular flexibility index (Phi) is 6.04. The monoisotopic (exact) mass is 287 g/mol. The van der Waals surface area contributed by atoms with Gasteiger partial charge in [-0.15, -0.1) is 0 Å². The van der Waals surface area contributed by atoms with Crippen molar-refractivity contribution in [2.45, 2.75) is 26.3 Å². The lowest BCUT2D eigenvalue weighted by Gasteiger charge is -2.37. The van der Waals surface area contributed by atoms with E-state index in [1.807, 2.05) is 12.1 Å². The third kappa shape index (κ3) is 4.73. The molecule has 0 amide bonds. The van der Waals surface area contributed by atoms with Crippen LogP contribution in [0.5, 0.6) is 5.75 Å². The summed E-state index contributed by atoms with van der Waals surface area (Å²) in [6.45, 7) is 10.7. The number of rotatable bonds is 6. The summed E-state index contributed by atoms with van der Waals surface area (Å²) in [5.74, 6) is 0.785. The molecule has 1 aromatic carbocycles. The van der Waals surface area contributed by atoms with Crippen LogP contribution in [0.15, 0.2) is 24.3 Å². The molecule has 0 spiro atoms. The molecule has 114 valence electrons. The van der Waals surface area contributed by atoms with E-state index in [2.05, 4.69) is 29.7 Å². The first kappa shape index (κ1) is 15.8. The molecule has 0 N–H and O–H groups in total. The summed E-state index contributed by atoms with van der Waals surface area (Å²) >= 11 is 0. The van der Waals surface area contributed by atoms with Gasteiger partial charge in [-0.25, -0.2) is 0 Å². The highest BCUT2D eigenvalue weighted by Gasteiger charge is 2.19. The average Bonchev–Trinajstić information content (AvgIpc) is 2.55. The van der Waals surface area contributed by atoms with Crippen LogP contribution in [0.3, 0.4) is 0 Å². The number of nitriles is 1. The highest BCUT2D eigenvalue weighted by molar-refractivity contribution is 5.36. The van der Waals surface area contributed by atoms with Gasteiger partial charge in [0.15, 0.2) is 0 Å². The van der Waals surface area contributed by atoms with Gasteiger partial charge >= 0.3 is 0 Å². The quantitative estimate of drug-likeness (QED) is 0.805. The van der Waals surface area contributed by atoms with Crippen LogP contribution in [0.1, 0.15) is 25.8 Å². The van der Waals surface area contributed by atoms with Crippen LogP contribution >= 0.6 is 0 Å². The molecule has 1 fully saturated rings. The predicted molar refractivity (Wildman–Crippen MR) is 84.4 cm³/mol. The van der Waals surface area contributed by atoms with Crippen molar-refractivity contribution in [1.29, 1.82) is 5.26 Å². The second kappa shape index (κ2) is 8.02. The summed E-state index contributed by atoms with van der Waals surface area (Å²) in [5, 5.41) is 8.86. The second-order valence-corrected chi connectivity index (χ2v) is 5.62. The van der Waals surface area contributed by atoms with Gasteiger partial charge in [-0.05, 0) is 31.5 Å². The molecular weight excluding hydrogens is 262 g/mol. The van der Waals surface area contributed by atoms with Crippen molar-refractivity contribution in [3.63, 3.8) is 0 Å². The molecule has 0 bridgehead atoms. The minimum Gasteiger partial charge on any atom is -0.492 e.